The van der Waals surface area contributed by atoms with E-state index in [1.54, 1.807) is 13.0 Å². The van der Waals surface area contributed by atoms with Crippen LogP contribution in [0.1, 0.15) is 12.0 Å². The SMILES string of the molecule is COC(=O)NC1CCN(c2cc(C)c(F)cc2N)C1. The van der Waals surface area contributed by atoms with Gasteiger partial charge in [-0.1, -0.05) is 0 Å². The summed E-state index contributed by atoms with van der Waals surface area (Å²) in [5.41, 5.74) is 7.64. The monoisotopic (exact) mass is 267 g/mol. The first-order chi connectivity index (χ1) is 9.01. The number of nitrogens with one attached hydrogen (secondary N) is 1. The molecule has 1 aromatic rings. The molecule has 19 heavy (non-hydrogen) atoms. The predicted octanol–water partition coefficient (Wildman–Crippen LogP) is 1.65. The van der Waals surface area contributed by atoms with Crippen molar-refractivity contribution in [3.8, 4) is 0 Å². The van der Waals surface area contributed by atoms with E-state index in [9.17, 15) is 9.18 Å². The van der Waals surface area contributed by atoms with Crippen molar-refractivity contribution in [1.82, 2.24) is 5.32 Å². The molecule has 1 atom stereocenters. The Kier molecular flexibility index (Phi) is 3.78. The first kappa shape index (κ1) is 13.5. The maximum Gasteiger partial charge on any atom is 0.407 e. The number of rotatable bonds is 2. The smallest absolute Gasteiger partial charge is 0.407 e. The fourth-order valence-electron chi connectivity index (χ4n) is 2.28. The summed E-state index contributed by atoms with van der Waals surface area (Å²) < 4.78 is 17.9. The Morgan fingerprint density at radius 2 is 2.32 bits per heavy atom. The van der Waals surface area contributed by atoms with Crippen LogP contribution in [-0.4, -0.2) is 32.3 Å². The van der Waals surface area contributed by atoms with E-state index in [2.05, 4.69) is 10.1 Å². The Hall–Kier alpha value is -1.98. The van der Waals surface area contributed by atoms with Crippen molar-refractivity contribution in [3.63, 3.8) is 0 Å². The van der Waals surface area contributed by atoms with Gasteiger partial charge in [0.05, 0.1) is 24.5 Å². The summed E-state index contributed by atoms with van der Waals surface area (Å²) in [6.45, 7) is 3.12. The molecule has 0 aromatic heterocycles. The zero-order valence-electron chi connectivity index (χ0n) is 11.1. The van der Waals surface area contributed by atoms with Gasteiger partial charge in [0.2, 0.25) is 0 Å². The first-order valence-corrected chi connectivity index (χ1v) is 6.16. The van der Waals surface area contributed by atoms with Crippen LogP contribution >= 0.6 is 0 Å². The summed E-state index contributed by atoms with van der Waals surface area (Å²) in [6, 6.07) is 3.11. The lowest BCUT2D eigenvalue weighted by Crippen LogP contribution is -2.37. The Morgan fingerprint density at radius 3 is 3.00 bits per heavy atom. The number of carbonyl (C=O) groups is 1. The van der Waals surface area contributed by atoms with Crippen molar-refractivity contribution in [2.75, 3.05) is 30.8 Å². The number of nitrogens with two attached hydrogens (primary N) is 1. The molecule has 1 heterocycles. The molecule has 104 valence electrons. The van der Waals surface area contributed by atoms with Gasteiger partial charge in [-0.05, 0) is 31.0 Å². The molecule has 1 unspecified atom stereocenters. The van der Waals surface area contributed by atoms with Crippen molar-refractivity contribution in [2.24, 2.45) is 0 Å². The number of ether oxygens (including phenoxy) is 1. The average molecular weight is 267 g/mol. The molecule has 0 spiro atoms. The minimum Gasteiger partial charge on any atom is -0.453 e. The highest BCUT2D eigenvalue weighted by atomic mass is 19.1. The predicted molar refractivity (Wildman–Crippen MR) is 71.7 cm³/mol. The van der Waals surface area contributed by atoms with E-state index < -0.39 is 6.09 Å². The minimum atomic E-state index is -0.435. The number of anilines is 2. The number of benzene rings is 1. The summed E-state index contributed by atoms with van der Waals surface area (Å²) in [5.74, 6) is -0.301. The number of alkyl carbamates (subject to hydrolysis) is 1. The molecule has 5 nitrogen and oxygen atoms in total. The normalized spacial score (nSPS) is 18.5. The van der Waals surface area contributed by atoms with Crippen LogP contribution in [0, 0.1) is 12.7 Å². The molecule has 0 radical (unpaired) electrons. The van der Waals surface area contributed by atoms with Gasteiger partial charge < -0.3 is 20.7 Å². The largest absolute Gasteiger partial charge is 0.453 e. The van der Waals surface area contributed by atoms with Crippen LogP contribution in [0.3, 0.4) is 0 Å². The van der Waals surface area contributed by atoms with Gasteiger partial charge in [-0.15, -0.1) is 0 Å². The van der Waals surface area contributed by atoms with Gasteiger partial charge in [-0.2, -0.15) is 0 Å². The summed E-state index contributed by atoms with van der Waals surface area (Å²) in [6.07, 6.45) is 0.375. The molecule has 6 heteroatoms. The van der Waals surface area contributed by atoms with Crippen molar-refractivity contribution >= 4 is 17.5 Å². The van der Waals surface area contributed by atoms with E-state index in [0.29, 0.717) is 17.8 Å². The van der Waals surface area contributed by atoms with Gasteiger partial charge >= 0.3 is 6.09 Å². The number of methoxy groups -OCH3 is 1. The second kappa shape index (κ2) is 5.34. The third-order valence-electron chi connectivity index (χ3n) is 3.34. The molecular formula is C13H18FN3O2. The fourth-order valence-corrected chi connectivity index (χ4v) is 2.28. The Labute approximate surface area is 111 Å². The summed E-state index contributed by atoms with van der Waals surface area (Å²) in [5, 5.41) is 2.76. The van der Waals surface area contributed by atoms with Crippen LogP contribution in [-0.2, 0) is 4.74 Å². The van der Waals surface area contributed by atoms with E-state index in [4.69, 9.17) is 5.73 Å². The Morgan fingerprint density at radius 1 is 1.58 bits per heavy atom. The molecule has 0 saturated carbocycles. The standard InChI is InChI=1S/C13H18FN3O2/c1-8-5-12(11(15)6-10(8)14)17-4-3-9(7-17)16-13(18)19-2/h5-6,9H,3-4,7,15H2,1-2H3,(H,16,18). The molecule has 1 aliphatic heterocycles. The average Bonchev–Trinajstić information content (AvgIpc) is 2.82. The highest BCUT2D eigenvalue weighted by molar-refractivity contribution is 5.70. The van der Waals surface area contributed by atoms with Crippen LogP contribution in [0.15, 0.2) is 12.1 Å². The number of aryl methyl sites for hydroxylation is 1. The van der Waals surface area contributed by atoms with Crippen molar-refractivity contribution in [1.29, 1.82) is 0 Å². The summed E-state index contributed by atoms with van der Waals surface area (Å²) in [7, 11) is 1.34. The molecule has 1 fully saturated rings. The third kappa shape index (κ3) is 2.89. The van der Waals surface area contributed by atoms with Crippen molar-refractivity contribution in [2.45, 2.75) is 19.4 Å². The lowest BCUT2D eigenvalue weighted by molar-refractivity contribution is 0.167. The number of carbonyl (C=O) groups excluding carboxylic acids is 1. The van der Waals surface area contributed by atoms with Crippen LogP contribution in [0.25, 0.3) is 0 Å². The lowest BCUT2D eigenvalue weighted by atomic mass is 10.1. The third-order valence-corrected chi connectivity index (χ3v) is 3.34. The van der Waals surface area contributed by atoms with Crippen molar-refractivity contribution < 1.29 is 13.9 Å². The highest BCUT2D eigenvalue weighted by Crippen LogP contribution is 2.29. The molecular weight excluding hydrogens is 249 g/mol. The number of nitrogen functional groups attached to an aromatic ring is 1. The number of hydrogen-bond donors (Lipinski definition) is 2. The zero-order valence-corrected chi connectivity index (χ0v) is 11.1. The molecule has 0 aliphatic carbocycles. The molecule has 1 amide bonds. The van der Waals surface area contributed by atoms with E-state index in [-0.39, 0.29) is 11.9 Å². The van der Waals surface area contributed by atoms with Gasteiger partial charge in [0.1, 0.15) is 5.82 Å². The number of hydrogen-bond acceptors (Lipinski definition) is 4. The molecule has 3 N–H and O–H groups in total. The van der Waals surface area contributed by atoms with Crippen LogP contribution in [0.5, 0.6) is 0 Å². The molecule has 1 aliphatic rings. The van der Waals surface area contributed by atoms with E-state index in [0.717, 1.165) is 18.7 Å². The quantitative estimate of drug-likeness (QED) is 0.800. The highest BCUT2D eigenvalue weighted by Gasteiger charge is 2.25. The van der Waals surface area contributed by atoms with E-state index >= 15 is 0 Å². The van der Waals surface area contributed by atoms with Gasteiger partial charge in [0.15, 0.2) is 0 Å². The maximum absolute atomic E-state index is 13.4. The van der Waals surface area contributed by atoms with Crippen molar-refractivity contribution in [3.05, 3.63) is 23.5 Å². The molecule has 1 saturated heterocycles. The van der Waals surface area contributed by atoms with Gasteiger partial charge in [0, 0.05) is 13.1 Å². The Bertz CT molecular complexity index is 493. The van der Waals surface area contributed by atoms with Crippen LogP contribution in [0.4, 0.5) is 20.6 Å². The van der Waals surface area contributed by atoms with E-state index in [1.165, 1.54) is 13.2 Å². The van der Waals surface area contributed by atoms with Crippen LogP contribution < -0.4 is 16.0 Å². The topological polar surface area (TPSA) is 67.6 Å². The summed E-state index contributed by atoms with van der Waals surface area (Å²) >= 11 is 0. The van der Waals surface area contributed by atoms with Gasteiger partial charge in [-0.25, -0.2) is 9.18 Å². The lowest BCUT2D eigenvalue weighted by Gasteiger charge is -2.21. The fraction of sp³-hybridized carbons (Fsp3) is 0.462. The molecule has 1 aromatic carbocycles. The zero-order chi connectivity index (χ0) is 14.0. The van der Waals surface area contributed by atoms with E-state index in [1.807, 2.05) is 4.90 Å². The minimum absolute atomic E-state index is 0.0252. The summed E-state index contributed by atoms with van der Waals surface area (Å²) in [4.78, 5) is 13.2. The number of amides is 1. The van der Waals surface area contributed by atoms with Gasteiger partial charge in [0.25, 0.3) is 0 Å². The number of halogens is 1. The Balaban J connectivity index is 2.08. The van der Waals surface area contributed by atoms with Crippen LogP contribution in [0.2, 0.25) is 0 Å². The molecule has 2 rings (SSSR count). The first-order valence-electron chi connectivity index (χ1n) is 6.16. The molecule has 0 bridgehead atoms. The van der Waals surface area contributed by atoms with Gasteiger partial charge in [-0.3, -0.25) is 0 Å². The second-order valence-corrected chi connectivity index (χ2v) is 4.73. The second-order valence-electron chi connectivity index (χ2n) is 4.73. The number of nitrogens with zero attached hydrogens (tertiary/aromatic N) is 1. The maximum atomic E-state index is 13.4.